The molecule has 23 heavy (non-hydrogen) atoms. The highest BCUT2D eigenvalue weighted by molar-refractivity contribution is 6.30. The largest absolute Gasteiger partial charge is 0.480 e. The number of benzene rings is 2. The van der Waals surface area contributed by atoms with Crippen LogP contribution in [0.4, 0.5) is 0 Å². The van der Waals surface area contributed by atoms with Crippen LogP contribution in [-0.2, 0) is 11.3 Å². The number of carbonyl (C=O) groups excluding carboxylic acids is 1. The van der Waals surface area contributed by atoms with Crippen molar-refractivity contribution in [2.45, 2.75) is 13.5 Å². The Hall–Kier alpha value is -2.66. The van der Waals surface area contributed by atoms with E-state index < -0.39 is 5.97 Å². The molecule has 116 valence electrons. The van der Waals surface area contributed by atoms with Gasteiger partial charge in [-0.25, -0.2) is 4.98 Å². The molecule has 0 saturated heterocycles. The van der Waals surface area contributed by atoms with Crippen LogP contribution < -0.4 is 0 Å². The predicted molar refractivity (Wildman–Crippen MR) is 87.8 cm³/mol. The maximum atomic E-state index is 11.5. The van der Waals surface area contributed by atoms with Crippen molar-refractivity contribution in [1.82, 2.24) is 9.55 Å². The number of imidazole rings is 1. The van der Waals surface area contributed by atoms with Crippen LogP contribution in [0.25, 0.3) is 22.4 Å². The van der Waals surface area contributed by atoms with Crippen LogP contribution >= 0.6 is 11.6 Å². The summed E-state index contributed by atoms with van der Waals surface area (Å²) in [5, 5.41) is 9.77. The zero-order chi connectivity index (χ0) is 16.6. The normalized spacial score (nSPS) is 10.9. The number of ketones is 1. The van der Waals surface area contributed by atoms with Crippen LogP contribution in [0.15, 0.2) is 42.5 Å². The Labute approximate surface area is 137 Å². The van der Waals surface area contributed by atoms with E-state index in [4.69, 9.17) is 11.6 Å². The molecule has 0 radical (unpaired) electrons. The summed E-state index contributed by atoms with van der Waals surface area (Å²) in [4.78, 5) is 27.2. The lowest BCUT2D eigenvalue weighted by atomic mass is 10.1. The van der Waals surface area contributed by atoms with Gasteiger partial charge >= 0.3 is 5.97 Å². The van der Waals surface area contributed by atoms with E-state index in [0.29, 0.717) is 27.4 Å². The van der Waals surface area contributed by atoms with E-state index in [-0.39, 0.29) is 12.3 Å². The van der Waals surface area contributed by atoms with Crippen LogP contribution in [0.2, 0.25) is 5.02 Å². The molecule has 0 aliphatic carbocycles. The first-order valence-corrected chi connectivity index (χ1v) is 7.32. The lowest BCUT2D eigenvalue weighted by Gasteiger charge is -2.06. The van der Waals surface area contributed by atoms with Gasteiger partial charge in [-0.1, -0.05) is 11.6 Å². The maximum Gasteiger partial charge on any atom is 0.323 e. The van der Waals surface area contributed by atoms with E-state index in [2.05, 4.69) is 4.98 Å². The Balaban J connectivity index is 2.24. The molecule has 0 amide bonds. The van der Waals surface area contributed by atoms with Crippen LogP contribution in [0, 0.1) is 0 Å². The van der Waals surface area contributed by atoms with Crippen molar-refractivity contribution in [3.8, 4) is 11.4 Å². The summed E-state index contributed by atoms with van der Waals surface area (Å²) in [6.45, 7) is 1.27. The summed E-state index contributed by atoms with van der Waals surface area (Å²) in [6.07, 6.45) is 0. The summed E-state index contributed by atoms with van der Waals surface area (Å²) in [5.41, 5.74) is 2.56. The zero-order valence-electron chi connectivity index (χ0n) is 12.3. The van der Waals surface area contributed by atoms with Crippen molar-refractivity contribution < 1.29 is 14.7 Å². The zero-order valence-corrected chi connectivity index (χ0v) is 13.0. The van der Waals surface area contributed by atoms with E-state index in [0.717, 1.165) is 5.56 Å². The van der Waals surface area contributed by atoms with Gasteiger partial charge in [-0.2, -0.15) is 0 Å². The Morgan fingerprint density at radius 3 is 2.48 bits per heavy atom. The third-order valence-electron chi connectivity index (χ3n) is 3.55. The summed E-state index contributed by atoms with van der Waals surface area (Å²) in [7, 11) is 0. The Morgan fingerprint density at radius 2 is 1.87 bits per heavy atom. The number of nitrogens with zero attached hydrogens (tertiary/aromatic N) is 2. The van der Waals surface area contributed by atoms with Gasteiger partial charge in [0.05, 0.1) is 11.0 Å². The molecule has 1 N–H and O–H groups in total. The van der Waals surface area contributed by atoms with Gasteiger partial charge in [0.2, 0.25) is 0 Å². The second kappa shape index (κ2) is 5.85. The molecule has 5 nitrogen and oxygen atoms in total. The van der Waals surface area contributed by atoms with Crippen molar-refractivity contribution in [1.29, 1.82) is 0 Å². The minimum absolute atomic E-state index is 0.0623. The average Bonchev–Trinajstić information content (AvgIpc) is 2.85. The Morgan fingerprint density at radius 1 is 1.17 bits per heavy atom. The van der Waals surface area contributed by atoms with Gasteiger partial charge in [0.1, 0.15) is 12.4 Å². The Kier molecular flexibility index (Phi) is 3.88. The van der Waals surface area contributed by atoms with Crippen molar-refractivity contribution in [2.24, 2.45) is 0 Å². The number of Topliss-reactive ketones (excluding diaryl/α,β-unsaturated/α-hetero) is 1. The molecule has 0 fully saturated rings. The number of carboxylic acids is 1. The molecule has 0 saturated carbocycles. The van der Waals surface area contributed by atoms with Gasteiger partial charge in [-0.15, -0.1) is 0 Å². The minimum Gasteiger partial charge on any atom is -0.480 e. The first-order chi connectivity index (χ1) is 11.0. The second-order valence-electron chi connectivity index (χ2n) is 5.18. The number of aliphatic carboxylic acids is 1. The molecular formula is C17H13ClN2O3. The lowest BCUT2D eigenvalue weighted by Crippen LogP contribution is -2.10. The number of aromatic nitrogens is 2. The van der Waals surface area contributed by atoms with Crippen LogP contribution in [0.1, 0.15) is 17.3 Å². The van der Waals surface area contributed by atoms with Crippen molar-refractivity contribution in [3.05, 3.63) is 53.1 Å². The molecule has 6 heteroatoms. The standard InChI is InChI=1S/C17H13ClN2O3/c1-10(21)12-4-7-15-14(8-12)19-17(20(15)9-16(22)23)11-2-5-13(18)6-3-11/h2-8H,9H2,1H3,(H,22,23). The molecule has 0 bridgehead atoms. The Bertz CT molecular complexity index is 913. The fourth-order valence-electron chi connectivity index (χ4n) is 2.46. The highest BCUT2D eigenvalue weighted by Gasteiger charge is 2.16. The topological polar surface area (TPSA) is 72.2 Å². The molecule has 0 aliphatic rings. The number of fused-ring (bicyclic) bond motifs is 1. The maximum absolute atomic E-state index is 11.5. The molecule has 1 heterocycles. The first-order valence-electron chi connectivity index (χ1n) is 6.94. The molecule has 0 aliphatic heterocycles. The number of carboxylic acid groups (broad SMARTS) is 1. The molecule has 2 aromatic carbocycles. The molecule has 0 atom stereocenters. The van der Waals surface area contributed by atoms with E-state index in [1.807, 2.05) is 0 Å². The quantitative estimate of drug-likeness (QED) is 0.742. The van der Waals surface area contributed by atoms with E-state index in [1.165, 1.54) is 6.92 Å². The van der Waals surface area contributed by atoms with Gasteiger partial charge in [-0.05, 0) is 49.4 Å². The summed E-state index contributed by atoms with van der Waals surface area (Å²) in [6, 6.07) is 12.1. The molecule has 0 unspecified atom stereocenters. The SMILES string of the molecule is CC(=O)c1ccc2c(c1)nc(-c1ccc(Cl)cc1)n2CC(=O)O. The van der Waals surface area contributed by atoms with Crippen molar-refractivity contribution in [2.75, 3.05) is 0 Å². The molecule has 3 aromatic rings. The van der Waals surface area contributed by atoms with Crippen LogP contribution in [0.5, 0.6) is 0 Å². The molecular weight excluding hydrogens is 316 g/mol. The fraction of sp³-hybridized carbons (Fsp3) is 0.118. The summed E-state index contributed by atoms with van der Waals surface area (Å²) < 4.78 is 1.62. The van der Waals surface area contributed by atoms with Crippen molar-refractivity contribution >= 4 is 34.4 Å². The number of hydrogen-bond donors (Lipinski definition) is 1. The summed E-state index contributed by atoms with van der Waals surface area (Å²) >= 11 is 5.90. The highest BCUT2D eigenvalue weighted by Crippen LogP contribution is 2.26. The van der Waals surface area contributed by atoms with Gasteiger partial charge < -0.3 is 9.67 Å². The molecule has 3 rings (SSSR count). The van der Waals surface area contributed by atoms with E-state index in [9.17, 15) is 14.7 Å². The number of hydrogen-bond acceptors (Lipinski definition) is 3. The molecule has 0 spiro atoms. The average molecular weight is 329 g/mol. The van der Waals surface area contributed by atoms with Crippen LogP contribution in [-0.4, -0.2) is 26.4 Å². The predicted octanol–water partition coefficient (Wildman–Crippen LogP) is 3.64. The van der Waals surface area contributed by atoms with E-state index in [1.54, 1.807) is 47.0 Å². The van der Waals surface area contributed by atoms with Gasteiger partial charge in [-0.3, -0.25) is 9.59 Å². The monoisotopic (exact) mass is 328 g/mol. The smallest absolute Gasteiger partial charge is 0.323 e. The minimum atomic E-state index is -0.963. The second-order valence-corrected chi connectivity index (χ2v) is 5.62. The van der Waals surface area contributed by atoms with Gasteiger partial charge in [0.25, 0.3) is 0 Å². The van der Waals surface area contributed by atoms with Gasteiger partial charge in [0.15, 0.2) is 5.78 Å². The fourth-order valence-corrected chi connectivity index (χ4v) is 2.59. The molecule has 1 aromatic heterocycles. The summed E-state index contributed by atoms with van der Waals surface area (Å²) in [5.74, 6) is -0.498. The number of halogens is 1. The van der Waals surface area contributed by atoms with Gasteiger partial charge in [0, 0.05) is 16.1 Å². The third-order valence-corrected chi connectivity index (χ3v) is 3.80. The number of carbonyl (C=O) groups is 2. The van der Waals surface area contributed by atoms with Crippen molar-refractivity contribution in [3.63, 3.8) is 0 Å². The first kappa shape index (κ1) is 15.2. The number of rotatable bonds is 4. The lowest BCUT2D eigenvalue weighted by molar-refractivity contribution is -0.137. The van der Waals surface area contributed by atoms with Crippen LogP contribution in [0.3, 0.4) is 0 Å². The highest BCUT2D eigenvalue weighted by atomic mass is 35.5. The third kappa shape index (κ3) is 2.96. The van der Waals surface area contributed by atoms with E-state index >= 15 is 0 Å².